The van der Waals surface area contributed by atoms with Crippen LogP contribution in [-0.4, -0.2) is 66.5 Å². The van der Waals surface area contributed by atoms with Crippen LogP contribution in [-0.2, 0) is 45.0 Å². The van der Waals surface area contributed by atoms with Crippen molar-refractivity contribution in [3.8, 4) is 45.0 Å². The van der Waals surface area contributed by atoms with Crippen molar-refractivity contribution in [2.24, 2.45) is 0 Å². The third-order valence-electron chi connectivity index (χ3n) is 8.48. The van der Waals surface area contributed by atoms with Crippen LogP contribution < -0.4 is 5.11 Å². The van der Waals surface area contributed by atoms with Gasteiger partial charge in [-0.05, 0) is 60.3 Å². The van der Waals surface area contributed by atoms with E-state index in [1.54, 1.807) is 35.3 Å². The summed E-state index contributed by atoms with van der Waals surface area (Å²) in [7, 11) is 2.00. The molecule has 0 unspecified atom stereocenters. The van der Waals surface area contributed by atoms with Gasteiger partial charge >= 0.3 is 6.18 Å². The monoisotopic (exact) mass is 1320 g/mol. The maximum absolute atomic E-state index is 10.5. The fourth-order valence-corrected chi connectivity index (χ4v) is 7.31. The number of aromatic nitrogens is 6. The Balaban J connectivity index is 0.000000293. The van der Waals surface area contributed by atoms with Gasteiger partial charge in [0.25, 0.3) is 0 Å². The van der Waals surface area contributed by atoms with Gasteiger partial charge in [0.2, 0.25) is 0 Å². The number of nitrogens with zero attached hydrogens (tertiary/aromatic N) is 6. The minimum atomic E-state index is -5.19. The molecule has 0 aliphatic rings. The number of carbonyl (C=O) groups is 1. The van der Waals surface area contributed by atoms with Crippen LogP contribution in [0.3, 0.4) is 0 Å². The standard InChI is InChI=1S/C12H8N2S.C12H7N2S.2C12H10N.C2HF3O2.2CH4O.2Ir/c2*1-2-4-9(5-3-1)11-12-10(6-7-15-12)13-8-14-11;2*1-10-6-5-9-12(13-10)11-7-3-2-4-8-11;3-2(4,5)1(6)7;2*1-2;;/h1-8H;1-4,6-8H;2*2-7,9H,1H3;(H,6,7);2*2H,1H3;;/q;3*-1;;;;;/p-1. The molecule has 360 valence electrons. The van der Waals surface area contributed by atoms with Gasteiger partial charge in [-0.25, -0.2) is 15.0 Å². The van der Waals surface area contributed by atoms with Gasteiger partial charge in [0.15, 0.2) is 0 Å². The molecule has 0 spiro atoms. The van der Waals surface area contributed by atoms with Crippen molar-refractivity contribution < 1.29 is 73.5 Å². The van der Waals surface area contributed by atoms with E-state index in [4.69, 9.17) is 20.1 Å². The van der Waals surface area contributed by atoms with Gasteiger partial charge in [0, 0.05) is 81.8 Å². The summed E-state index contributed by atoms with van der Waals surface area (Å²) in [5.74, 6) is -3.01. The summed E-state index contributed by atoms with van der Waals surface area (Å²) in [5.41, 5.74) is 12.3. The SMILES string of the molecule is CO.CO.Cc1cccc(-c2[c-]cccc2)n1.Cc1cccc(-c2[c-]cccc2)n1.O=C([O-])C(F)(F)F.[Ir].[Ir].[c-]1ccccc1-c1ncnc2ccsc12.c1ccc(-c2ncnc3ccsc23)cc1. The van der Waals surface area contributed by atoms with E-state index in [0.29, 0.717) is 0 Å². The number of rotatable bonds is 4. The Morgan fingerprint density at radius 3 is 1.30 bits per heavy atom. The molecule has 4 aromatic carbocycles. The average molecular weight is 1320 g/mol. The molecule has 0 atom stereocenters. The average Bonchev–Trinajstić information content (AvgIpc) is 4.08. The van der Waals surface area contributed by atoms with Crippen molar-refractivity contribution in [1.82, 2.24) is 29.9 Å². The molecule has 17 heteroatoms. The normalized spacial score (nSPS) is 9.70. The van der Waals surface area contributed by atoms with Crippen molar-refractivity contribution in [2.75, 3.05) is 14.2 Å². The third-order valence-corrected chi connectivity index (χ3v) is 10.3. The molecule has 10 nitrogen and oxygen atoms in total. The second kappa shape index (κ2) is 31.7. The fraction of sp³-hybridized carbons (Fsp3) is 0.0962. The van der Waals surface area contributed by atoms with Gasteiger partial charge in [-0.2, -0.15) is 24.5 Å². The van der Waals surface area contributed by atoms with Crippen LogP contribution in [0, 0.1) is 32.0 Å². The Morgan fingerprint density at radius 2 is 0.913 bits per heavy atom. The van der Waals surface area contributed by atoms with Crippen LogP contribution in [0.2, 0.25) is 0 Å². The molecule has 2 radical (unpaired) electrons. The van der Waals surface area contributed by atoms with Gasteiger partial charge in [0.1, 0.15) is 18.6 Å². The number of carbonyl (C=O) groups excluding carboxylic acids is 1. The predicted molar refractivity (Wildman–Crippen MR) is 258 cm³/mol. The predicted octanol–water partition coefficient (Wildman–Crippen LogP) is 10.7. The molecule has 0 amide bonds. The number of alkyl halides is 3. The summed E-state index contributed by atoms with van der Waals surface area (Å²) in [6, 6.07) is 59.3. The molecule has 0 aliphatic carbocycles. The molecule has 0 aliphatic heterocycles. The summed E-state index contributed by atoms with van der Waals surface area (Å²) >= 11 is 3.35. The number of fused-ring (bicyclic) bond motifs is 2. The van der Waals surface area contributed by atoms with E-state index in [1.165, 1.54) is 0 Å². The van der Waals surface area contributed by atoms with E-state index in [1.807, 2.05) is 164 Å². The van der Waals surface area contributed by atoms with Gasteiger partial charge in [-0.1, -0.05) is 54.6 Å². The molecular weight excluding hydrogens is 1280 g/mol. The van der Waals surface area contributed by atoms with Gasteiger partial charge in [0.05, 0.1) is 21.4 Å². The topological polar surface area (TPSA) is 158 Å². The quantitative estimate of drug-likeness (QED) is 0.163. The summed E-state index contributed by atoms with van der Waals surface area (Å²) in [4.78, 5) is 34.7. The number of halogens is 3. The number of benzene rings is 4. The summed E-state index contributed by atoms with van der Waals surface area (Å²) in [6.07, 6.45) is -1.97. The zero-order valence-electron chi connectivity index (χ0n) is 37.3. The van der Waals surface area contributed by atoms with E-state index < -0.39 is 12.1 Å². The minimum absolute atomic E-state index is 0. The van der Waals surface area contributed by atoms with E-state index in [9.17, 15) is 13.2 Å². The molecule has 0 saturated heterocycles. The third kappa shape index (κ3) is 19.0. The van der Waals surface area contributed by atoms with E-state index in [0.717, 1.165) is 91.1 Å². The molecule has 6 heterocycles. The number of thiophene rings is 2. The first-order valence-electron chi connectivity index (χ1n) is 19.9. The van der Waals surface area contributed by atoms with Crippen LogP contribution in [0.5, 0.6) is 0 Å². The molecule has 0 fully saturated rings. The minimum Gasteiger partial charge on any atom is -0.542 e. The number of hydrogen-bond acceptors (Lipinski definition) is 12. The van der Waals surface area contributed by atoms with Crippen molar-refractivity contribution in [2.45, 2.75) is 20.0 Å². The Morgan fingerprint density at radius 1 is 0.522 bits per heavy atom. The zero-order valence-corrected chi connectivity index (χ0v) is 43.7. The number of aliphatic hydroxyl groups excluding tert-OH is 2. The Kier molecular flexibility index (Phi) is 27.1. The van der Waals surface area contributed by atoms with Crippen molar-refractivity contribution in [3.63, 3.8) is 0 Å². The summed E-state index contributed by atoms with van der Waals surface area (Å²) < 4.78 is 33.8. The largest absolute Gasteiger partial charge is 0.542 e. The first kappa shape index (κ1) is 58.9. The molecular formula is C52H43F3Ir2N6O4S2-4. The number of aliphatic hydroxyl groups is 2. The Labute approximate surface area is 433 Å². The van der Waals surface area contributed by atoms with E-state index in [2.05, 4.69) is 60.2 Å². The smallest absolute Gasteiger partial charge is 0.430 e. The van der Waals surface area contributed by atoms with Crippen LogP contribution in [0.15, 0.2) is 175 Å². The van der Waals surface area contributed by atoms with Crippen molar-refractivity contribution in [3.05, 3.63) is 205 Å². The second-order valence-corrected chi connectivity index (χ2v) is 14.9. The first-order valence-corrected chi connectivity index (χ1v) is 21.7. The molecule has 0 bridgehead atoms. The van der Waals surface area contributed by atoms with E-state index >= 15 is 0 Å². The summed E-state index contributed by atoms with van der Waals surface area (Å²) in [6.45, 7) is 3.98. The maximum atomic E-state index is 10.5. The number of hydrogen-bond donors (Lipinski definition) is 2. The number of aryl methyl sites for hydroxylation is 2. The van der Waals surface area contributed by atoms with Crippen LogP contribution in [0.4, 0.5) is 13.2 Å². The van der Waals surface area contributed by atoms with Gasteiger partial charge < -0.3 is 30.1 Å². The van der Waals surface area contributed by atoms with Crippen molar-refractivity contribution >= 4 is 49.1 Å². The molecule has 2 N–H and O–H groups in total. The van der Waals surface area contributed by atoms with Gasteiger partial charge in [-0.3, -0.25) is 4.98 Å². The molecule has 10 aromatic rings. The Bertz CT molecular complexity index is 2780. The second-order valence-electron chi connectivity index (χ2n) is 13.0. The maximum Gasteiger partial charge on any atom is 0.430 e. The zero-order chi connectivity index (χ0) is 48.4. The summed E-state index contributed by atoms with van der Waals surface area (Å²) in [5, 5.41) is 26.9. The first-order chi connectivity index (χ1) is 32.6. The van der Waals surface area contributed by atoms with Crippen LogP contribution >= 0.6 is 22.7 Å². The molecule has 69 heavy (non-hydrogen) atoms. The number of carboxylic acid groups (broad SMARTS) is 1. The number of aliphatic carboxylic acids is 1. The van der Waals surface area contributed by atoms with Crippen LogP contribution in [0.25, 0.3) is 65.5 Å². The van der Waals surface area contributed by atoms with Gasteiger partial charge in [-0.15, -0.1) is 119 Å². The Hall–Kier alpha value is -6.26. The molecule has 0 saturated carbocycles. The molecule has 6 aromatic heterocycles. The number of pyridine rings is 2. The fourth-order valence-electron chi connectivity index (χ4n) is 5.60. The van der Waals surface area contributed by atoms with Crippen molar-refractivity contribution in [1.29, 1.82) is 0 Å². The van der Waals surface area contributed by atoms with E-state index in [-0.39, 0.29) is 40.2 Å². The van der Waals surface area contributed by atoms with Crippen LogP contribution in [0.1, 0.15) is 11.4 Å². The molecule has 10 rings (SSSR count). The number of carboxylic acids is 1.